The van der Waals surface area contributed by atoms with Crippen molar-refractivity contribution >= 4 is 0 Å². The van der Waals surface area contributed by atoms with Crippen LogP contribution in [0, 0.1) is 0 Å². The molecule has 0 aromatic rings. The molecule has 2 nitrogen and oxygen atoms in total. The van der Waals surface area contributed by atoms with E-state index in [-0.39, 0.29) is 0 Å². The van der Waals surface area contributed by atoms with Crippen molar-refractivity contribution in [3.63, 3.8) is 0 Å². The molecule has 2 heteroatoms. The molecular formula is C9H20N2. The summed E-state index contributed by atoms with van der Waals surface area (Å²) in [5.41, 5.74) is 0. The lowest BCUT2D eigenvalue weighted by Gasteiger charge is -2.16. The molecule has 0 bridgehead atoms. The Morgan fingerprint density at radius 1 is 1.18 bits per heavy atom. The summed E-state index contributed by atoms with van der Waals surface area (Å²) in [4.78, 5) is 4.83. The number of nitrogens with zero attached hydrogens (tertiary/aromatic N) is 2. The summed E-state index contributed by atoms with van der Waals surface area (Å²) >= 11 is 0. The Bertz CT molecular complexity index is 95.7. The summed E-state index contributed by atoms with van der Waals surface area (Å²) in [6, 6.07) is 0. The summed E-state index contributed by atoms with van der Waals surface area (Å²) in [7, 11) is 4.29. The average Bonchev–Trinajstić information content (AvgIpc) is 2.39. The fraction of sp³-hybridized carbons (Fsp3) is 1.00. The van der Waals surface area contributed by atoms with Gasteiger partial charge >= 0.3 is 0 Å². The van der Waals surface area contributed by atoms with Gasteiger partial charge in [-0.05, 0) is 59.5 Å². The SMILES string of the molecule is CN(C)CCCN1CCCC1. The lowest BCUT2D eigenvalue weighted by atomic mass is 10.4. The molecule has 1 aliphatic heterocycles. The Hall–Kier alpha value is -0.0800. The quantitative estimate of drug-likeness (QED) is 0.600. The highest BCUT2D eigenvalue weighted by atomic mass is 15.1. The van der Waals surface area contributed by atoms with Crippen LogP contribution in [0.2, 0.25) is 0 Å². The minimum Gasteiger partial charge on any atom is -0.309 e. The van der Waals surface area contributed by atoms with E-state index in [0.717, 1.165) is 0 Å². The monoisotopic (exact) mass is 156 g/mol. The van der Waals surface area contributed by atoms with Gasteiger partial charge in [-0.15, -0.1) is 0 Å². The molecule has 0 aromatic carbocycles. The van der Waals surface area contributed by atoms with Crippen LogP contribution in [0.4, 0.5) is 0 Å². The van der Waals surface area contributed by atoms with Crippen LogP contribution in [0.5, 0.6) is 0 Å². The summed E-state index contributed by atoms with van der Waals surface area (Å²) in [5, 5.41) is 0. The van der Waals surface area contributed by atoms with Crippen LogP contribution in [0.15, 0.2) is 0 Å². The fourth-order valence-electron chi connectivity index (χ4n) is 1.62. The van der Waals surface area contributed by atoms with E-state index in [1.54, 1.807) is 0 Å². The van der Waals surface area contributed by atoms with Crippen LogP contribution in [0.3, 0.4) is 0 Å². The maximum absolute atomic E-state index is 2.57. The van der Waals surface area contributed by atoms with E-state index in [9.17, 15) is 0 Å². The predicted octanol–water partition coefficient (Wildman–Crippen LogP) is 1.03. The van der Waals surface area contributed by atoms with Gasteiger partial charge in [-0.3, -0.25) is 0 Å². The Kier molecular flexibility index (Phi) is 3.87. The molecule has 1 fully saturated rings. The van der Waals surface area contributed by atoms with Gasteiger partial charge in [-0.2, -0.15) is 0 Å². The average molecular weight is 156 g/mol. The second-order valence-electron chi connectivity index (χ2n) is 3.71. The highest BCUT2D eigenvalue weighted by Gasteiger charge is 2.09. The van der Waals surface area contributed by atoms with Crippen LogP contribution in [0.25, 0.3) is 0 Å². The van der Waals surface area contributed by atoms with Crippen molar-refractivity contribution in [2.75, 3.05) is 40.3 Å². The summed E-state index contributed by atoms with van der Waals surface area (Å²) in [6.45, 7) is 5.22. The van der Waals surface area contributed by atoms with Crippen molar-refractivity contribution in [3.05, 3.63) is 0 Å². The van der Waals surface area contributed by atoms with Crippen molar-refractivity contribution in [1.29, 1.82) is 0 Å². The maximum Gasteiger partial charge on any atom is -0.000655 e. The molecule has 0 spiro atoms. The molecule has 0 N–H and O–H groups in total. The molecule has 0 atom stereocenters. The Balaban J connectivity index is 1.94. The summed E-state index contributed by atoms with van der Waals surface area (Å²) in [6.07, 6.45) is 4.16. The van der Waals surface area contributed by atoms with Crippen LogP contribution in [-0.4, -0.2) is 50.1 Å². The maximum atomic E-state index is 2.57. The van der Waals surface area contributed by atoms with Gasteiger partial charge in [-0.25, -0.2) is 0 Å². The molecule has 11 heavy (non-hydrogen) atoms. The molecule has 1 aliphatic rings. The zero-order valence-electron chi connectivity index (χ0n) is 7.84. The van der Waals surface area contributed by atoms with Crippen LogP contribution in [-0.2, 0) is 0 Å². The molecule has 66 valence electrons. The van der Waals surface area contributed by atoms with E-state index in [1.807, 2.05) is 0 Å². The first-order valence-corrected chi connectivity index (χ1v) is 4.66. The lowest BCUT2D eigenvalue weighted by Crippen LogP contribution is -2.24. The largest absolute Gasteiger partial charge is 0.309 e. The molecule has 0 saturated carbocycles. The highest BCUT2D eigenvalue weighted by molar-refractivity contribution is 4.65. The smallest absolute Gasteiger partial charge is 0.000655 e. The van der Waals surface area contributed by atoms with E-state index >= 15 is 0 Å². The normalized spacial score (nSPS) is 19.9. The molecule has 0 radical (unpaired) electrons. The number of hydrogen-bond acceptors (Lipinski definition) is 2. The number of rotatable bonds is 4. The third-order valence-corrected chi connectivity index (χ3v) is 2.28. The number of likely N-dealkylation sites (tertiary alicyclic amines) is 1. The first-order chi connectivity index (χ1) is 5.29. The lowest BCUT2D eigenvalue weighted by molar-refractivity contribution is 0.303. The molecule has 0 unspecified atom stereocenters. The van der Waals surface area contributed by atoms with Crippen molar-refractivity contribution in [2.24, 2.45) is 0 Å². The van der Waals surface area contributed by atoms with E-state index in [2.05, 4.69) is 23.9 Å². The van der Waals surface area contributed by atoms with Crippen molar-refractivity contribution in [2.45, 2.75) is 19.3 Å². The van der Waals surface area contributed by atoms with Gasteiger partial charge < -0.3 is 9.80 Å². The Labute approximate surface area is 70.2 Å². The molecule has 0 aliphatic carbocycles. The van der Waals surface area contributed by atoms with Crippen LogP contribution >= 0.6 is 0 Å². The molecule has 1 rings (SSSR count). The standard InChI is InChI=1S/C9H20N2/c1-10(2)6-5-9-11-7-3-4-8-11/h3-9H2,1-2H3. The van der Waals surface area contributed by atoms with Gasteiger partial charge in [-0.1, -0.05) is 0 Å². The van der Waals surface area contributed by atoms with E-state index in [0.29, 0.717) is 0 Å². The number of hydrogen-bond donors (Lipinski definition) is 0. The molecule has 1 saturated heterocycles. The molecule has 1 heterocycles. The molecule has 0 aromatic heterocycles. The third kappa shape index (κ3) is 3.73. The summed E-state index contributed by atoms with van der Waals surface area (Å²) < 4.78 is 0. The topological polar surface area (TPSA) is 6.48 Å². The second kappa shape index (κ2) is 4.73. The van der Waals surface area contributed by atoms with Gasteiger partial charge in [0, 0.05) is 0 Å². The van der Waals surface area contributed by atoms with E-state index in [4.69, 9.17) is 0 Å². The molecular weight excluding hydrogens is 136 g/mol. The van der Waals surface area contributed by atoms with Crippen LogP contribution < -0.4 is 0 Å². The first-order valence-electron chi connectivity index (χ1n) is 4.66. The van der Waals surface area contributed by atoms with E-state index in [1.165, 1.54) is 45.4 Å². The van der Waals surface area contributed by atoms with Crippen molar-refractivity contribution in [3.8, 4) is 0 Å². The predicted molar refractivity (Wildman–Crippen MR) is 48.8 cm³/mol. The molecule has 0 amide bonds. The zero-order valence-corrected chi connectivity index (χ0v) is 7.84. The van der Waals surface area contributed by atoms with Gasteiger partial charge in [0.2, 0.25) is 0 Å². The Morgan fingerprint density at radius 3 is 2.36 bits per heavy atom. The fourth-order valence-corrected chi connectivity index (χ4v) is 1.62. The summed E-state index contributed by atoms with van der Waals surface area (Å²) in [5.74, 6) is 0. The van der Waals surface area contributed by atoms with Gasteiger partial charge in [0.05, 0.1) is 0 Å². The van der Waals surface area contributed by atoms with Gasteiger partial charge in [0.1, 0.15) is 0 Å². The van der Waals surface area contributed by atoms with Gasteiger partial charge in [0.15, 0.2) is 0 Å². The Morgan fingerprint density at radius 2 is 1.82 bits per heavy atom. The van der Waals surface area contributed by atoms with Gasteiger partial charge in [0.25, 0.3) is 0 Å². The minimum absolute atomic E-state index is 1.23. The van der Waals surface area contributed by atoms with Crippen molar-refractivity contribution < 1.29 is 0 Å². The first kappa shape index (κ1) is 9.01. The van der Waals surface area contributed by atoms with E-state index < -0.39 is 0 Å². The van der Waals surface area contributed by atoms with Crippen molar-refractivity contribution in [1.82, 2.24) is 9.80 Å². The highest BCUT2D eigenvalue weighted by Crippen LogP contribution is 2.07. The zero-order chi connectivity index (χ0) is 8.10. The van der Waals surface area contributed by atoms with Crippen LogP contribution in [0.1, 0.15) is 19.3 Å². The minimum atomic E-state index is 1.23. The second-order valence-corrected chi connectivity index (χ2v) is 3.71. The third-order valence-electron chi connectivity index (χ3n) is 2.28.